The molecule has 2 heterocycles. The van der Waals surface area contributed by atoms with Crippen molar-refractivity contribution in [3.63, 3.8) is 0 Å². The molecule has 2 fully saturated rings. The number of hydrogen-bond donors (Lipinski definition) is 1. The van der Waals surface area contributed by atoms with E-state index in [2.05, 4.69) is 4.98 Å². The van der Waals surface area contributed by atoms with Crippen LogP contribution >= 0.6 is 0 Å². The van der Waals surface area contributed by atoms with E-state index in [1.165, 1.54) is 6.33 Å². The third-order valence-corrected chi connectivity index (χ3v) is 7.76. The van der Waals surface area contributed by atoms with E-state index in [1.54, 1.807) is 22.1 Å². The van der Waals surface area contributed by atoms with Gasteiger partial charge in [0.1, 0.15) is 0 Å². The van der Waals surface area contributed by atoms with Gasteiger partial charge >= 0.3 is 0 Å². The number of piperidine rings is 1. The maximum atomic E-state index is 13.2. The topological polar surface area (TPSA) is 75.4 Å². The Labute approximate surface area is 154 Å². The summed E-state index contributed by atoms with van der Waals surface area (Å²) in [6.45, 7) is 0.311. The molecule has 0 amide bonds. The molecule has 6 nitrogen and oxygen atoms in total. The molecule has 1 aromatic heterocycles. The van der Waals surface area contributed by atoms with Gasteiger partial charge in [0.25, 0.3) is 10.0 Å². The first-order chi connectivity index (χ1) is 12.4. The summed E-state index contributed by atoms with van der Waals surface area (Å²) in [6, 6.07) is 9.52. The fraction of sp³-hybridized carbons (Fsp3) is 0.526. The van der Waals surface area contributed by atoms with E-state index in [-0.39, 0.29) is 17.0 Å². The highest BCUT2D eigenvalue weighted by molar-refractivity contribution is 7.89. The second kappa shape index (κ2) is 6.48. The van der Waals surface area contributed by atoms with Crippen molar-refractivity contribution < 1.29 is 13.5 Å². The quantitative estimate of drug-likeness (QED) is 0.893. The zero-order chi connectivity index (χ0) is 18.4. The molecule has 140 valence electrons. The largest absolute Gasteiger partial charge is 0.385 e. The van der Waals surface area contributed by atoms with Crippen LogP contribution in [-0.4, -0.2) is 40.0 Å². The van der Waals surface area contributed by atoms with Crippen LogP contribution in [-0.2, 0) is 22.7 Å². The first-order valence-corrected chi connectivity index (χ1v) is 10.6. The fourth-order valence-electron chi connectivity index (χ4n) is 4.67. The summed E-state index contributed by atoms with van der Waals surface area (Å²) in [4.78, 5) is 4.07. The van der Waals surface area contributed by atoms with E-state index in [4.69, 9.17) is 0 Å². The lowest BCUT2D eigenvalue weighted by Gasteiger charge is -2.51. The summed E-state index contributed by atoms with van der Waals surface area (Å²) in [6.07, 6.45) is 7.09. The number of aromatic nitrogens is 2. The van der Waals surface area contributed by atoms with Crippen LogP contribution in [0.4, 0.5) is 0 Å². The number of sulfonamides is 1. The van der Waals surface area contributed by atoms with Gasteiger partial charge in [-0.3, -0.25) is 0 Å². The summed E-state index contributed by atoms with van der Waals surface area (Å²) in [5.41, 5.74) is -0.0746. The molecule has 1 N–H and O–H groups in total. The van der Waals surface area contributed by atoms with E-state index in [0.29, 0.717) is 13.0 Å². The van der Waals surface area contributed by atoms with Crippen molar-refractivity contribution in [2.45, 2.75) is 48.8 Å². The Morgan fingerprint density at radius 1 is 1.19 bits per heavy atom. The van der Waals surface area contributed by atoms with E-state index < -0.39 is 15.6 Å². The second-order valence-electron chi connectivity index (χ2n) is 7.49. The predicted molar refractivity (Wildman–Crippen MR) is 97.8 cm³/mol. The minimum absolute atomic E-state index is 0.0918. The van der Waals surface area contributed by atoms with Crippen molar-refractivity contribution in [2.24, 2.45) is 13.0 Å². The van der Waals surface area contributed by atoms with Gasteiger partial charge in [0, 0.05) is 31.7 Å². The van der Waals surface area contributed by atoms with Crippen LogP contribution < -0.4 is 0 Å². The smallest absolute Gasteiger partial charge is 0.262 e. The molecule has 1 aliphatic heterocycles. The third-order valence-electron chi connectivity index (χ3n) is 5.95. The number of imidazole rings is 1. The summed E-state index contributed by atoms with van der Waals surface area (Å²) in [5, 5.41) is 11.6. The number of rotatable bonds is 3. The van der Waals surface area contributed by atoms with Gasteiger partial charge < -0.3 is 9.67 Å². The van der Waals surface area contributed by atoms with Crippen LogP contribution in [0.25, 0.3) is 0 Å². The van der Waals surface area contributed by atoms with Gasteiger partial charge in [-0.25, -0.2) is 13.4 Å². The fourth-order valence-corrected chi connectivity index (χ4v) is 6.33. The van der Waals surface area contributed by atoms with Crippen molar-refractivity contribution in [2.75, 3.05) is 6.54 Å². The van der Waals surface area contributed by atoms with Crippen LogP contribution in [0.3, 0.4) is 0 Å². The zero-order valence-electron chi connectivity index (χ0n) is 15.0. The van der Waals surface area contributed by atoms with Crippen molar-refractivity contribution >= 4 is 10.0 Å². The van der Waals surface area contributed by atoms with Gasteiger partial charge in [0.2, 0.25) is 0 Å². The lowest BCUT2D eigenvalue weighted by molar-refractivity contribution is -0.100. The lowest BCUT2D eigenvalue weighted by atomic mass is 9.67. The average Bonchev–Trinajstić information content (AvgIpc) is 3.10. The Hall–Kier alpha value is -1.70. The second-order valence-corrected chi connectivity index (χ2v) is 9.33. The minimum atomic E-state index is -3.65. The molecule has 7 heteroatoms. The van der Waals surface area contributed by atoms with Crippen molar-refractivity contribution in [1.29, 1.82) is 0 Å². The number of aryl methyl sites for hydroxylation is 1. The average molecular weight is 375 g/mol. The van der Waals surface area contributed by atoms with E-state index in [9.17, 15) is 13.5 Å². The third kappa shape index (κ3) is 2.78. The molecule has 1 saturated heterocycles. The molecule has 2 aliphatic rings. The van der Waals surface area contributed by atoms with Crippen LogP contribution in [0.5, 0.6) is 0 Å². The normalized spacial score (nSPS) is 30.1. The van der Waals surface area contributed by atoms with Crippen LogP contribution in [0, 0.1) is 5.92 Å². The molecular weight excluding hydrogens is 350 g/mol. The first-order valence-electron chi connectivity index (χ1n) is 9.20. The number of aliphatic hydroxyl groups is 1. The number of fused-ring (bicyclic) bond motifs is 1. The maximum Gasteiger partial charge on any atom is 0.262 e. The van der Waals surface area contributed by atoms with Crippen molar-refractivity contribution in [3.8, 4) is 0 Å². The predicted octanol–water partition coefficient (Wildman–Crippen LogP) is 2.26. The summed E-state index contributed by atoms with van der Waals surface area (Å²) in [7, 11) is -1.89. The van der Waals surface area contributed by atoms with Crippen molar-refractivity contribution in [3.05, 3.63) is 48.4 Å². The standard InChI is InChI=1S/C19H25N3O3S/c1-21-13-18(20-14-21)26(24,25)22-12-11-19(23,15-7-3-2-4-8-15)16-9-5-6-10-17(16)22/h2-4,7-8,13-14,16-17,23H,5-6,9-12H2,1H3/t16-,17+,19-/m0/s1. The van der Waals surface area contributed by atoms with E-state index >= 15 is 0 Å². The zero-order valence-corrected chi connectivity index (χ0v) is 15.8. The molecular formula is C19H25N3O3S. The molecule has 0 radical (unpaired) electrons. The molecule has 2 aromatic rings. The molecule has 1 aromatic carbocycles. The van der Waals surface area contributed by atoms with E-state index in [1.807, 2.05) is 30.3 Å². The molecule has 0 spiro atoms. The SMILES string of the molecule is Cn1cnc(S(=O)(=O)N2CC[C@](O)(c3ccccc3)[C@H]3CCCC[C@H]32)c1. The lowest BCUT2D eigenvalue weighted by Crippen LogP contribution is -2.58. The summed E-state index contributed by atoms with van der Waals surface area (Å²) in [5.74, 6) is -0.0918. The summed E-state index contributed by atoms with van der Waals surface area (Å²) < 4.78 is 29.6. The Balaban J connectivity index is 1.71. The summed E-state index contributed by atoms with van der Waals surface area (Å²) >= 11 is 0. The molecule has 1 saturated carbocycles. The van der Waals surface area contributed by atoms with Crippen LogP contribution in [0.2, 0.25) is 0 Å². The molecule has 3 atom stereocenters. The van der Waals surface area contributed by atoms with Gasteiger partial charge in [-0.15, -0.1) is 0 Å². The van der Waals surface area contributed by atoms with Gasteiger partial charge in [0.05, 0.1) is 11.9 Å². The molecule has 4 rings (SSSR count). The van der Waals surface area contributed by atoms with E-state index in [0.717, 1.165) is 31.2 Å². The van der Waals surface area contributed by atoms with Gasteiger partial charge in [-0.2, -0.15) is 4.31 Å². The Bertz CT molecular complexity index is 880. The highest BCUT2D eigenvalue weighted by atomic mass is 32.2. The van der Waals surface area contributed by atoms with Gasteiger partial charge in [-0.05, 0) is 24.8 Å². The Morgan fingerprint density at radius 3 is 2.62 bits per heavy atom. The molecule has 1 aliphatic carbocycles. The maximum absolute atomic E-state index is 13.2. The molecule has 0 unspecified atom stereocenters. The van der Waals surface area contributed by atoms with Gasteiger partial charge in [0.15, 0.2) is 5.03 Å². The van der Waals surface area contributed by atoms with Gasteiger partial charge in [-0.1, -0.05) is 43.2 Å². The highest BCUT2D eigenvalue weighted by Gasteiger charge is 2.52. The van der Waals surface area contributed by atoms with Crippen LogP contribution in [0.1, 0.15) is 37.7 Å². The molecule has 26 heavy (non-hydrogen) atoms. The Morgan fingerprint density at radius 2 is 1.92 bits per heavy atom. The molecule has 0 bridgehead atoms. The van der Waals surface area contributed by atoms with Crippen LogP contribution in [0.15, 0.2) is 47.9 Å². The highest BCUT2D eigenvalue weighted by Crippen LogP contribution is 2.48. The first kappa shape index (κ1) is 17.7. The number of hydrogen-bond acceptors (Lipinski definition) is 4. The van der Waals surface area contributed by atoms with Crippen molar-refractivity contribution in [1.82, 2.24) is 13.9 Å². The Kier molecular flexibility index (Phi) is 4.41. The number of nitrogens with zero attached hydrogens (tertiary/aromatic N) is 3. The minimum Gasteiger partial charge on any atom is -0.385 e. The monoisotopic (exact) mass is 375 g/mol. The number of benzene rings is 1.